The van der Waals surface area contributed by atoms with E-state index in [4.69, 9.17) is 10.5 Å². The van der Waals surface area contributed by atoms with Crippen LogP contribution in [0.5, 0.6) is 0 Å². The van der Waals surface area contributed by atoms with Gasteiger partial charge in [-0.15, -0.1) is 0 Å². The molecule has 0 bridgehead atoms. The molecule has 0 radical (unpaired) electrons. The topological polar surface area (TPSA) is 55.6 Å². The summed E-state index contributed by atoms with van der Waals surface area (Å²) in [6.07, 6.45) is 7.60. The van der Waals surface area contributed by atoms with Crippen LogP contribution >= 0.6 is 0 Å². The van der Waals surface area contributed by atoms with Gasteiger partial charge in [-0.2, -0.15) is 0 Å². The number of nitrogens with two attached hydrogens (primary N) is 1. The maximum atomic E-state index is 11.4. The average Bonchev–Trinajstić information content (AvgIpc) is 2.74. The van der Waals surface area contributed by atoms with Crippen LogP contribution in [0.4, 0.5) is 0 Å². The molecule has 2 rings (SSSR count). The Balaban J connectivity index is 1.90. The molecule has 1 amide bonds. The van der Waals surface area contributed by atoms with Crippen molar-refractivity contribution in [3.63, 3.8) is 0 Å². The van der Waals surface area contributed by atoms with E-state index in [0.29, 0.717) is 0 Å². The molecule has 4 nitrogen and oxygen atoms in total. The lowest BCUT2D eigenvalue weighted by Gasteiger charge is -2.29. The van der Waals surface area contributed by atoms with Gasteiger partial charge in [0.05, 0.1) is 12.1 Å². The Morgan fingerprint density at radius 3 is 2.65 bits per heavy atom. The summed E-state index contributed by atoms with van der Waals surface area (Å²) in [4.78, 5) is 13.7. The fourth-order valence-electron chi connectivity index (χ4n) is 3.23. The minimum absolute atomic E-state index is 0.109. The third-order valence-corrected chi connectivity index (χ3v) is 4.24. The molecule has 0 aromatic heterocycles. The van der Waals surface area contributed by atoms with E-state index >= 15 is 0 Å². The second kappa shape index (κ2) is 5.83. The number of methoxy groups -OCH3 is 1. The lowest BCUT2D eigenvalue weighted by molar-refractivity contribution is -0.122. The molecule has 0 aromatic rings. The van der Waals surface area contributed by atoms with Gasteiger partial charge >= 0.3 is 0 Å². The molecule has 0 spiro atoms. The van der Waals surface area contributed by atoms with Crippen molar-refractivity contribution in [3.05, 3.63) is 0 Å². The van der Waals surface area contributed by atoms with Gasteiger partial charge in [0.1, 0.15) is 0 Å². The largest absolute Gasteiger partial charge is 0.380 e. The average molecular weight is 240 g/mol. The number of carbonyl (C=O) groups excluding carboxylic acids is 1. The molecular weight excluding hydrogens is 216 g/mol. The van der Waals surface area contributed by atoms with E-state index in [0.717, 1.165) is 25.4 Å². The van der Waals surface area contributed by atoms with Crippen LogP contribution in [-0.4, -0.2) is 43.2 Å². The number of amides is 1. The number of rotatable bonds is 4. The Hall–Kier alpha value is -0.610. The lowest BCUT2D eigenvalue weighted by atomic mass is 9.89. The van der Waals surface area contributed by atoms with E-state index in [9.17, 15) is 4.79 Å². The third kappa shape index (κ3) is 3.19. The van der Waals surface area contributed by atoms with Crippen molar-refractivity contribution < 1.29 is 9.53 Å². The summed E-state index contributed by atoms with van der Waals surface area (Å²) < 4.78 is 5.36. The summed E-state index contributed by atoms with van der Waals surface area (Å²) in [7, 11) is 1.72. The molecule has 0 unspecified atom stereocenters. The van der Waals surface area contributed by atoms with Crippen LogP contribution in [0.15, 0.2) is 0 Å². The molecule has 1 saturated carbocycles. The second-order valence-corrected chi connectivity index (χ2v) is 5.47. The van der Waals surface area contributed by atoms with E-state index in [2.05, 4.69) is 4.90 Å². The predicted octanol–water partition coefficient (Wildman–Crippen LogP) is 1.14. The molecule has 2 fully saturated rings. The smallest absolute Gasteiger partial charge is 0.234 e. The van der Waals surface area contributed by atoms with Crippen molar-refractivity contribution >= 4 is 5.91 Å². The van der Waals surface area contributed by atoms with Crippen LogP contribution in [-0.2, 0) is 9.53 Å². The highest BCUT2D eigenvalue weighted by atomic mass is 16.5. The maximum Gasteiger partial charge on any atom is 0.234 e. The lowest BCUT2D eigenvalue weighted by Crippen LogP contribution is -2.42. The number of nitrogens with zero attached hydrogens (tertiary/aromatic N) is 1. The van der Waals surface area contributed by atoms with Gasteiger partial charge in [0.15, 0.2) is 0 Å². The van der Waals surface area contributed by atoms with Crippen LogP contribution in [0.1, 0.15) is 38.5 Å². The quantitative estimate of drug-likeness (QED) is 0.801. The summed E-state index contributed by atoms with van der Waals surface area (Å²) >= 11 is 0. The Labute approximate surface area is 103 Å². The van der Waals surface area contributed by atoms with E-state index in [-0.39, 0.29) is 18.1 Å². The Bertz CT molecular complexity index is 264. The Morgan fingerprint density at radius 1 is 1.35 bits per heavy atom. The van der Waals surface area contributed by atoms with Crippen LogP contribution in [0.2, 0.25) is 0 Å². The SMILES string of the molecule is CO[C@H]1C[C@@H](C(N)=O)N(CC2CCCCC2)C1. The molecule has 2 aliphatic rings. The molecule has 98 valence electrons. The molecule has 2 N–H and O–H groups in total. The zero-order chi connectivity index (χ0) is 12.3. The standard InChI is InChI=1S/C13H24N2O2/c1-17-11-7-12(13(14)16)15(9-11)8-10-5-3-2-4-6-10/h10-12H,2-9H2,1H3,(H2,14,16)/t11-,12-/m0/s1. The number of hydrogen-bond donors (Lipinski definition) is 1. The van der Waals surface area contributed by atoms with Gasteiger partial charge in [-0.25, -0.2) is 0 Å². The van der Waals surface area contributed by atoms with E-state index in [1.807, 2.05) is 0 Å². The van der Waals surface area contributed by atoms with E-state index in [1.54, 1.807) is 7.11 Å². The first-order valence-electron chi connectivity index (χ1n) is 6.77. The van der Waals surface area contributed by atoms with E-state index in [1.165, 1.54) is 32.1 Å². The summed E-state index contributed by atoms with van der Waals surface area (Å²) in [6.45, 7) is 1.88. The van der Waals surface area contributed by atoms with Gasteiger partial charge in [-0.05, 0) is 25.2 Å². The van der Waals surface area contributed by atoms with Crippen molar-refractivity contribution in [1.82, 2.24) is 4.90 Å². The van der Waals surface area contributed by atoms with Crippen molar-refractivity contribution in [1.29, 1.82) is 0 Å². The van der Waals surface area contributed by atoms with Crippen LogP contribution < -0.4 is 5.73 Å². The minimum Gasteiger partial charge on any atom is -0.380 e. The second-order valence-electron chi connectivity index (χ2n) is 5.47. The zero-order valence-electron chi connectivity index (χ0n) is 10.7. The Kier molecular flexibility index (Phi) is 4.40. The first-order chi connectivity index (χ1) is 8.20. The summed E-state index contributed by atoms with van der Waals surface area (Å²) in [5, 5.41) is 0. The van der Waals surface area contributed by atoms with Crippen molar-refractivity contribution in [2.24, 2.45) is 11.7 Å². The number of ether oxygens (including phenoxy) is 1. The normalized spacial score (nSPS) is 31.8. The molecule has 1 heterocycles. The summed E-state index contributed by atoms with van der Waals surface area (Å²) in [5.74, 6) is 0.557. The van der Waals surface area contributed by atoms with Crippen LogP contribution in [0, 0.1) is 5.92 Å². The van der Waals surface area contributed by atoms with Gasteiger partial charge in [0, 0.05) is 20.2 Å². The first kappa shape index (κ1) is 12.8. The number of primary amides is 1. The molecule has 17 heavy (non-hydrogen) atoms. The van der Waals surface area contributed by atoms with Crippen molar-refractivity contribution in [2.75, 3.05) is 20.2 Å². The highest BCUT2D eigenvalue weighted by molar-refractivity contribution is 5.80. The molecule has 2 atom stereocenters. The van der Waals surface area contributed by atoms with E-state index < -0.39 is 0 Å². The minimum atomic E-state index is -0.194. The first-order valence-corrected chi connectivity index (χ1v) is 6.77. The van der Waals surface area contributed by atoms with Gasteiger partial charge in [0.2, 0.25) is 5.91 Å². The third-order valence-electron chi connectivity index (χ3n) is 4.24. The van der Waals surface area contributed by atoms with Crippen molar-refractivity contribution in [3.8, 4) is 0 Å². The van der Waals surface area contributed by atoms with Gasteiger partial charge in [-0.1, -0.05) is 19.3 Å². The monoisotopic (exact) mass is 240 g/mol. The van der Waals surface area contributed by atoms with Gasteiger partial charge < -0.3 is 10.5 Å². The van der Waals surface area contributed by atoms with Crippen LogP contribution in [0.3, 0.4) is 0 Å². The molecule has 1 aliphatic heterocycles. The number of hydrogen-bond acceptors (Lipinski definition) is 3. The highest BCUT2D eigenvalue weighted by Crippen LogP contribution is 2.28. The fourth-order valence-corrected chi connectivity index (χ4v) is 3.23. The molecule has 1 aliphatic carbocycles. The molecule has 1 saturated heterocycles. The van der Waals surface area contributed by atoms with Gasteiger partial charge in [0.25, 0.3) is 0 Å². The van der Waals surface area contributed by atoms with Gasteiger partial charge in [-0.3, -0.25) is 9.69 Å². The highest BCUT2D eigenvalue weighted by Gasteiger charge is 2.36. The fraction of sp³-hybridized carbons (Fsp3) is 0.923. The number of carbonyl (C=O) groups is 1. The Morgan fingerprint density at radius 2 is 2.06 bits per heavy atom. The maximum absolute atomic E-state index is 11.4. The van der Waals surface area contributed by atoms with Crippen LogP contribution in [0.25, 0.3) is 0 Å². The molecule has 4 heteroatoms. The zero-order valence-corrected chi connectivity index (χ0v) is 10.7. The molecule has 0 aromatic carbocycles. The number of likely N-dealkylation sites (tertiary alicyclic amines) is 1. The summed E-state index contributed by atoms with van der Waals surface area (Å²) in [5.41, 5.74) is 5.47. The molecular formula is C13H24N2O2. The van der Waals surface area contributed by atoms with Crippen molar-refractivity contribution in [2.45, 2.75) is 50.7 Å². The summed E-state index contributed by atoms with van der Waals surface area (Å²) in [6, 6.07) is -0.109. The predicted molar refractivity (Wildman–Crippen MR) is 66.5 cm³/mol.